The molecule has 1 unspecified atom stereocenters. The van der Waals surface area contributed by atoms with E-state index in [1.54, 1.807) is 7.05 Å². The summed E-state index contributed by atoms with van der Waals surface area (Å²) >= 11 is 1.85. The predicted octanol–water partition coefficient (Wildman–Crippen LogP) is 0.891. The van der Waals surface area contributed by atoms with Gasteiger partial charge in [-0.05, 0) is 26.2 Å². The number of hydrogen-bond acceptors (Lipinski definition) is 5. The highest BCUT2D eigenvalue weighted by atomic mass is 32.2. The van der Waals surface area contributed by atoms with E-state index >= 15 is 0 Å². The standard InChI is InChI=1S/C14H22N6S/c1-16-14(19-11-15)18-8-13(20(2)3)10-21-9-12-6-4-5-7-17-12/h4-7,13H,8-10H2,1-3H3,(H2,16,18,19). The SMILES string of the molecule is CN=C(NC#N)NCC(CSCc1ccccn1)N(C)C. The van der Waals surface area contributed by atoms with E-state index in [2.05, 4.69) is 25.5 Å². The predicted molar refractivity (Wildman–Crippen MR) is 88.0 cm³/mol. The van der Waals surface area contributed by atoms with E-state index in [1.807, 2.05) is 56.4 Å². The summed E-state index contributed by atoms with van der Waals surface area (Å²) in [5.74, 6) is 2.37. The number of nitriles is 1. The van der Waals surface area contributed by atoms with Gasteiger partial charge in [-0.15, -0.1) is 0 Å². The van der Waals surface area contributed by atoms with Crippen molar-refractivity contribution in [1.82, 2.24) is 20.5 Å². The van der Waals surface area contributed by atoms with Crippen LogP contribution in [-0.2, 0) is 5.75 Å². The van der Waals surface area contributed by atoms with Crippen molar-refractivity contribution in [2.24, 2.45) is 4.99 Å². The molecule has 6 nitrogen and oxygen atoms in total. The fourth-order valence-electron chi connectivity index (χ4n) is 1.62. The average molecular weight is 306 g/mol. The largest absolute Gasteiger partial charge is 0.354 e. The zero-order chi connectivity index (χ0) is 15.5. The van der Waals surface area contributed by atoms with Gasteiger partial charge in [-0.3, -0.25) is 15.3 Å². The molecule has 0 fully saturated rings. The molecule has 0 amide bonds. The fourth-order valence-corrected chi connectivity index (χ4v) is 2.81. The number of thioether (sulfide) groups is 1. The molecule has 7 heteroatoms. The molecule has 1 heterocycles. The first-order valence-electron chi connectivity index (χ1n) is 6.67. The van der Waals surface area contributed by atoms with Crippen LogP contribution in [0.25, 0.3) is 0 Å². The summed E-state index contributed by atoms with van der Waals surface area (Å²) in [6.07, 6.45) is 3.68. The van der Waals surface area contributed by atoms with E-state index < -0.39 is 0 Å². The van der Waals surface area contributed by atoms with Gasteiger partial charge in [0.2, 0.25) is 5.96 Å². The molecule has 0 aliphatic carbocycles. The quantitative estimate of drug-likeness (QED) is 0.337. The number of rotatable bonds is 7. The Labute approximate surface area is 130 Å². The highest BCUT2D eigenvalue weighted by Crippen LogP contribution is 2.12. The van der Waals surface area contributed by atoms with Crippen molar-refractivity contribution in [2.75, 3.05) is 33.4 Å². The molecule has 1 rings (SSSR count). The summed E-state index contributed by atoms with van der Waals surface area (Å²) in [5.41, 5.74) is 1.09. The van der Waals surface area contributed by atoms with Crippen LogP contribution in [0.2, 0.25) is 0 Å². The lowest BCUT2D eigenvalue weighted by Crippen LogP contribution is -2.45. The van der Waals surface area contributed by atoms with Gasteiger partial charge >= 0.3 is 0 Å². The van der Waals surface area contributed by atoms with Crippen LogP contribution >= 0.6 is 11.8 Å². The smallest absolute Gasteiger partial charge is 0.204 e. The average Bonchev–Trinajstić information content (AvgIpc) is 2.50. The van der Waals surface area contributed by atoms with Gasteiger partial charge in [-0.25, -0.2) is 0 Å². The molecule has 0 radical (unpaired) electrons. The zero-order valence-electron chi connectivity index (χ0n) is 12.7. The Morgan fingerprint density at radius 3 is 2.90 bits per heavy atom. The Morgan fingerprint density at radius 1 is 1.52 bits per heavy atom. The summed E-state index contributed by atoms with van der Waals surface area (Å²) in [4.78, 5) is 10.5. The van der Waals surface area contributed by atoms with Crippen molar-refractivity contribution in [3.63, 3.8) is 0 Å². The third kappa shape index (κ3) is 6.97. The molecule has 114 valence electrons. The van der Waals surface area contributed by atoms with Crippen molar-refractivity contribution in [2.45, 2.75) is 11.8 Å². The number of likely N-dealkylation sites (N-methyl/N-ethyl adjacent to an activating group) is 1. The molecule has 0 saturated heterocycles. The molecule has 2 N–H and O–H groups in total. The zero-order valence-corrected chi connectivity index (χ0v) is 13.5. The third-order valence-corrected chi connectivity index (χ3v) is 4.04. The number of nitrogens with one attached hydrogen (secondary N) is 2. The molecular formula is C14H22N6S. The van der Waals surface area contributed by atoms with Crippen LogP contribution in [0, 0.1) is 11.5 Å². The number of guanidine groups is 1. The second-order valence-corrected chi connectivity index (χ2v) is 5.67. The molecule has 1 aromatic rings. The van der Waals surface area contributed by atoms with Crippen LogP contribution < -0.4 is 10.6 Å². The number of hydrogen-bond donors (Lipinski definition) is 2. The van der Waals surface area contributed by atoms with Gasteiger partial charge in [0.1, 0.15) is 0 Å². The number of aromatic nitrogens is 1. The summed E-state index contributed by atoms with van der Waals surface area (Å²) in [6.45, 7) is 0.726. The maximum atomic E-state index is 8.61. The molecule has 0 bridgehead atoms. The van der Waals surface area contributed by atoms with Crippen LogP contribution in [0.3, 0.4) is 0 Å². The summed E-state index contributed by atoms with van der Waals surface area (Å²) in [7, 11) is 5.75. The van der Waals surface area contributed by atoms with Crippen LogP contribution in [0.15, 0.2) is 29.4 Å². The van der Waals surface area contributed by atoms with Gasteiger partial charge in [-0.2, -0.15) is 17.0 Å². The van der Waals surface area contributed by atoms with Crippen molar-refractivity contribution in [3.8, 4) is 6.19 Å². The van der Waals surface area contributed by atoms with Gasteiger partial charge in [0.25, 0.3) is 0 Å². The molecule has 1 aromatic heterocycles. The van der Waals surface area contributed by atoms with E-state index in [9.17, 15) is 0 Å². The fraction of sp³-hybridized carbons (Fsp3) is 0.500. The van der Waals surface area contributed by atoms with Crippen LogP contribution in [-0.4, -0.2) is 55.3 Å². The molecule has 0 aromatic carbocycles. The van der Waals surface area contributed by atoms with E-state index in [4.69, 9.17) is 5.26 Å². The Kier molecular flexibility index (Phi) is 8.24. The lowest BCUT2D eigenvalue weighted by molar-refractivity contribution is 0.317. The minimum absolute atomic E-state index is 0.343. The van der Waals surface area contributed by atoms with Gasteiger partial charge in [-0.1, -0.05) is 6.07 Å². The molecule has 0 aliphatic heterocycles. The van der Waals surface area contributed by atoms with E-state index in [1.165, 1.54) is 0 Å². The van der Waals surface area contributed by atoms with Crippen molar-refractivity contribution in [1.29, 1.82) is 5.26 Å². The van der Waals surface area contributed by atoms with Crippen molar-refractivity contribution < 1.29 is 0 Å². The monoisotopic (exact) mass is 306 g/mol. The Hall–Kier alpha value is -1.78. The van der Waals surface area contributed by atoms with Crippen LogP contribution in [0.4, 0.5) is 0 Å². The van der Waals surface area contributed by atoms with E-state index in [-0.39, 0.29) is 0 Å². The third-order valence-electron chi connectivity index (χ3n) is 2.92. The summed E-state index contributed by atoms with van der Waals surface area (Å²) < 4.78 is 0. The summed E-state index contributed by atoms with van der Waals surface area (Å²) in [5, 5.41) is 14.3. The molecule has 1 atom stereocenters. The molecule has 0 aliphatic rings. The maximum Gasteiger partial charge on any atom is 0.204 e. The topological polar surface area (TPSA) is 76.3 Å². The number of nitrogens with zero attached hydrogens (tertiary/aromatic N) is 4. The van der Waals surface area contributed by atoms with Gasteiger partial charge in [0.05, 0.1) is 5.69 Å². The normalized spacial score (nSPS) is 12.8. The lowest BCUT2D eigenvalue weighted by atomic mass is 10.3. The Balaban J connectivity index is 2.38. The second-order valence-electron chi connectivity index (χ2n) is 4.64. The first-order valence-corrected chi connectivity index (χ1v) is 7.82. The van der Waals surface area contributed by atoms with Crippen molar-refractivity contribution >= 4 is 17.7 Å². The summed E-state index contributed by atoms with van der Waals surface area (Å²) in [6, 6.07) is 6.31. The van der Waals surface area contributed by atoms with Gasteiger partial charge in [0.15, 0.2) is 6.19 Å². The first-order chi connectivity index (χ1) is 10.2. The number of aliphatic imine (C=N–C) groups is 1. The first kappa shape index (κ1) is 17.3. The highest BCUT2D eigenvalue weighted by molar-refractivity contribution is 7.98. The van der Waals surface area contributed by atoms with Crippen molar-refractivity contribution in [3.05, 3.63) is 30.1 Å². The van der Waals surface area contributed by atoms with Crippen LogP contribution in [0.1, 0.15) is 5.69 Å². The second kappa shape index (κ2) is 10.0. The number of pyridine rings is 1. The maximum absolute atomic E-state index is 8.61. The van der Waals surface area contributed by atoms with E-state index in [0.717, 1.165) is 23.7 Å². The van der Waals surface area contributed by atoms with Gasteiger partial charge < -0.3 is 10.2 Å². The molecule has 21 heavy (non-hydrogen) atoms. The van der Waals surface area contributed by atoms with Crippen LogP contribution in [0.5, 0.6) is 0 Å². The Bertz CT molecular complexity index is 468. The lowest BCUT2D eigenvalue weighted by Gasteiger charge is -2.24. The highest BCUT2D eigenvalue weighted by Gasteiger charge is 2.12. The Morgan fingerprint density at radius 2 is 2.33 bits per heavy atom. The molecule has 0 saturated carbocycles. The van der Waals surface area contributed by atoms with E-state index in [0.29, 0.717) is 12.0 Å². The molecular weight excluding hydrogens is 284 g/mol. The minimum Gasteiger partial charge on any atom is -0.354 e. The minimum atomic E-state index is 0.343. The molecule has 0 spiro atoms. The van der Waals surface area contributed by atoms with Gasteiger partial charge in [0, 0.05) is 37.3 Å².